The van der Waals surface area contributed by atoms with Gasteiger partial charge in [-0.25, -0.2) is 10.0 Å². The molecule has 1 rings (SSSR count). The van der Waals surface area contributed by atoms with Crippen LogP contribution in [-0.2, 0) is 0 Å². The van der Waals surface area contributed by atoms with Gasteiger partial charge in [-0.2, -0.15) is 0 Å². The molecule has 0 saturated carbocycles. The molecule has 0 amide bonds. The lowest BCUT2D eigenvalue weighted by Crippen LogP contribution is -2.34. The zero-order chi connectivity index (χ0) is 6.69. The Balaban J connectivity index is 2.32. The van der Waals surface area contributed by atoms with E-state index < -0.39 is 0 Å². The minimum absolute atomic E-state index is 1.12. The van der Waals surface area contributed by atoms with Crippen LogP contribution in [0.3, 0.4) is 0 Å². The molecule has 0 N–H and O–H groups in total. The zero-order valence-electron chi connectivity index (χ0n) is 6.30. The topological polar surface area (TPSA) is 6.48 Å². The third-order valence-electron chi connectivity index (χ3n) is 1.78. The first-order valence-corrected chi connectivity index (χ1v) is 3.73. The van der Waals surface area contributed by atoms with Crippen molar-refractivity contribution in [2.45, 2.75) is 20.3 Å². The van der Waals surface area contributed by atoms with Gasteiger partial charge in [0.2, 0.25) is 0 Å². The standard InChI is InChI=1S/C7H15N2/c1-3-8-6-5-7-9(8)4-2/h6H,3-5,7H2,1-2H3. The molecule has 1 radical (unpaired) electrons. The van der Waals surface area contributed by atoms with Crippen LogP contribution in [0.5, 0.6) is 0 Å². The van der Waals surface area contributed by atoms with E-state index in [4.69, 9.17) is 0 Å². The van der Waals surface area contributed by atoms with Gasteiger partial charge in [-0.15, -0.1) is 0 Å². The van der Waals surface area contributed by atoms with Gasteiger partial charge in [-0.3, -0.25) is 0 Å². The SMILES string of the molecule is CCN1[CH]CCN1CC. The molecule has 1 aliphatic rings. The Morgan fingerprint density at radius 2 is 2.11 bits per heavy atom. The van der Waals surface area contributed by atoms with Gasteiger partial charge in [0.25, 0.3) is 0 Å². The first-order valence-electron chi connectivity index (χ1n) is 3.73. The summed E-state index contributed by atoms with van der Waals surface area (Å²) in [5.41, 5.74) is 0. The van der Waals surface area contributed by atoms with Crippen molar-refractivity contribution in [2.24, 2.45) is 0 Å². The molecule has 2 heteroatoms. The number of rotatable bonds is 2. The van der Waals surface area contributed by atoms with Gasteiger partial charge < -0.3 is 0 Å². The molecular formula is C7H15N2. The lowest BCUT2D eigenvalue weighted by molar-refractivity contribution is 0.0585. The molecule has 0 aromatic heterocycles. The summed E-state index contributed by atoms with van der Waals surface area (Å²) in [6, 6.07) is 0. The van der Waals surface area contributed by atoms with Crippen LogP contribution in [0.15, 0.2) is 0 Å². The van der Waals surface area contributed by atoms with Crippen LogP contribution in [-0.4, -0.2) is 29.7 Å². The maximum absolute atomic E-state index is 2.36. The third kappa shape index (κ3) is 1.43. The molecule has 0 unspecified atom stereocenters. The summed E-state index contributed by atoms with van der Waals surface area (Å²) >= 11 is 0. The molecule has 0 bridgehead atoms. The fourth-order valence-electron chi connectivity index (χ4n) is 1.27. The molecule has 1 saturated heterocycles. The predicted octanol–water partition coefficient (Wildman–Crippen LogP) is 1.11. The smallest absolute Gasteiger partial charge is 0.0428 e. The lowest BCUT2D eigenvalue weighted by atomic mass is 10.4. The Kier molecular flexibility index (Phi) is 2.49. The van der Waals surface area contributed by atoms with Gasteiger partial charge in [0, 0.05) is 26.2 Å². The molecule has 0 aliphatic carbocycles. The molecule has 0 spiro atoms. The molecule has 1 aliphatic heterocycles. The Labute approximate surface area is 57.4 Å². The Morgan fingerprint density at radius 1 is 1.33 bits per heavy atom. The molecule has 0 aromatic rings. The zero-order valence-corrected chi connectivity index (χ0v) is 6.30. The van der Waals surface area contributed by atoms with Gasteiger partial charge in [0.15, 0.2) is 0 Å². The van der Waals surface area contributed by atoms with E-state index in [1.54, 1.807) is 0 Å². The van der Waals surface area contributed by atoms with E-state index in [1.165, 1.54) is 13.0 Å². The second kappa shape index (κ2) is 3.18. The van der Waals surface area contributed by atoms with Gasteiger partial charge >= 0.3 is 0 Å². The Bertz CT molecular complexity index is 73.0. The van der Waals surface area contributed by atoms with Crippen LogP contribution in [0.1, 0.15) is 20.3 Å². The van der Waals surface area contributed by atoms with E-state index in [2.05, 4.69) is 30.4 Å². The van der Waals surface area contributed by atoms with E-state index in [1.807, 2.05) is 0 Å². The summed E-state index contributed by atoms with van der Waals surface area (Å²) in [5.74, 6) is 0. The average molecular weight is 127 g/mol. The van der Waals surface area contributed by atoms with Crippen molar-refractivity contribution in [3.8, 4) is 0 Å². The Hall–Kier alpha value is -0.0800. The van der Waals surface area contributed by atoms with Crippen LogP contribution in [0.4, 0.5) is 0 Å². The Morgan fingerprint density at radius 3 is 2.56 bits per heavy atom. The van der Waals surface area contributed by atoms with Crippen LogP contribution >= 0.6 is 0 Å². The lowest BCUT2D eigenvalue weighted by Gasteiger charge is -2.24. The highest BCUT2D eigenvalue weighted by Crippen LogP contribution is 2.11. The fourth-order valence-corrected chi connectivity index (χ4v) is 1.27. The van der Waals surface area contributed by atoms with Crippen molar-refractivity contribution in [1.29, 1.82) is 0 Å². The number of hydrogen-bond acceptors (Lipinski definition) is 2. The molecule has 1 heterocycles. The number of hydrogen-bond donors (Lipinski definition) is 0. The van der Waals surface area contributed by atoms with Crippen LogP contribution in [0.2, 0.25) is 0 Å². The fraction of sp³-hybridized carbons (Fsp3) is 0.857. The van der Waals surface area contributed by atoms with Crippen molar-refractivity contribution >= 4 is 0 Å². The summed E-state index contributed by atoms with van der Waals surface area (Å²) in [4.78, 5) is 0. The van der Waals surface area contributed by atoms with E-state index in [9.17, 15) is 0 Å². The molecule has 0 atom stereocenters. The van der Waals surface area contributed by atoms with Crippen molar-refractivity contribution < 1.29 is 0 Å². The molecule has 53 valence electrons. The third-order valence-corrected chi connectivity index (χ3v) is 1.78. The van der Waals surface area contributed by atoms with Gasteiger partial charge in [-0.05, 0) is 6.42 Å². The van der Waals surface area contributed by atoms with Crippen LogP contribution < -0.4 is 0 Å². The molecular weight excluding hydrogens is 112 g/mol. The van der Waals surface area contributed by atoms with Crippen molar-refractivity contribution in [1.82, 2.24) is 10.0 Å². The summed E-state index contributed by atoms with van der Waals surface area (Å²) in [6.45, 7) is 10.1. The van der Waals surface area contributed by atoms with E-state index in [0.29, 0.717) is 0 Å². The van der Waals surface area contributed by atoms with Crippen molar-refractivity contribution in [2.75, 3.05) is 19.6 Å². The van der Waals surface area contributed by atoms with Crippen molar-refractivity contribution in [3.63, 3.8) is 0 Å². The molecule has 0 aromatic carbocycles. The van der Waals surface area contributed by atoms with Gasteiger partial charge in [0.05, 0.1) is 0 Å². The van der Waals surface area contributed by atoms with Gasteiger partial charge in [-0.1, -0.05) is 13.8 Å². The largest absolute Gasteiger partial charge is 0.242 e. The highest BCUT2D eigenvalue weighted by Gasteiger charge is 2.17. The minimum Gasteiger partial charge on any atom is -0.242 e. The summed E-state index contributed by atoms with van der Waals surface area (Å²) < 4.78 is 0. The first kappa shape index (κ1) is 7.03. The number of nitrogens with zero attached hydrogens (tertiary/aromatic N) is 2. The maximum atomic E-state index is 2.36. The van der Waals surface area contributed by atoms with Gasteiger partial charge in [0.1, 0.15) is 0 Å². The number of hydrazine groups is 1. The molecule has 1 fully saturated rings. The molecule has 2 nitrogen and oxygen atoms in total. The predicted molar refractivity (Wildman–Crippen MR) is 38.5 cm³/mol. The normalized spacial score (nSPS) is 23.3. The van der Waals surface area contributed by atoms with Crippen LogP contribution in [0, 0.1) is 6.54 Å². The van der Waals surface area contributed by atoms with Crippen LogP contribution in [0.25, 0.3) is 0 Å². The summed E-state index contributed by atoms with van der Waals surface area (Å²) in [7, 11) is 0. The molecule has 9 heavy (non-hydrogen) atoms. The quantitative estimate of drug-likeness (QED) is 0.548. The highest BCUT2D eigenvalue weighted by atomic mass is 15.6. The van der Waals surface area contributed by atoms with E-state index >= 15 is 0 Å². The second-order valence-corrected chi connectivity index (χ2v) is 2.27. The van der Waals surface area contributed by atoms with E-state index in [0.717, 1.165) is 13.1 Å². The highest BCUT2D eigenvalue weighted by molar-refractivity contribution is 4.74. The van der Waals surface area contributed by atoms with Crippen molar-refractivity contribution in [3.05, 3.63) is 6.54 Å². The maximum Gasteiger partial charge on any atom is 0.0428 e. The second-order valence-electron chi connectivity index (χ2n) is 2.27. The monoisotopic (exact) mass is 127 g/mol. The summed E-state index contributed by atoms with van der Waals surface area (Å²) in [5, 5.41) is 4.65. The average Bonchev–Trinajstić information content (AvgIpc) is 2.33. The minimum atomic E-state index is 1.12. The summed E-state index contributed by atoms with van der Waals surface area (Å²) in [6.07, 6.45) is 1.22. The first-order chi connectivity index (χ1) is 4.38. The van der Waals surface area contributed by atoms with E-state index in [-0.39, 0.29) is 0 Å².